The van der Waals surface area contributed by atoms with Crippen molar-refractivity contribution in [3.05, 3.63) is 119 Å². The largest absolute Gasteiger partial charge is 0.400 e. The van der Waals surface area contributed by atoms with Gasteiger partial charge >= 0.3 is 6.03 Å². The van der Waals surface area contributed by atoms with Crippen molar-refractivity contribution >= 4 is 41.3 Å². The topological polar surface area (TPSA) is 175 Å². The zero-order valence-corrected chi connectivity index (χ0v) is 28.0. The number of amidine groups is 1. The normalized spacial score (nSPS) is 14.4. The molecule has 4 amide bonds. The highest BCUT2D eigenvalue weighted by molar-refractivity contribution is 6.05. The maximum absolute atomic E-state index is 13.1. The number of nitrogens with zero attached hydrogens (tertiary/aromatic N) is 3. The second-order valence-electron chi connectivity index (χ2n) is 11.8. The average Bonchev–Trinajstić information content (AvgIpc) is 3.32. The van der Waals surface area contributed by atoms with Gasteiger partial charge < -0.3 is 37.2 Å². The summed E-state index contributed by atoms with van der Waals surface area (Å²) in [5.74, 6) is -0.244. The Kier molecular flexibility index (Phi) is 12.8. The van der Waals surface area contributed by atoms with Crippen LogP contribution in [0.5, 0.6) is 0 Å². The SMILES string of the molecule is C=CC(=O)Nc1ccc(C(=O)Nc2cccc(C=O)c2)cc1.CN=C(N)C1=C(N)C(C)(C)N(C(=O)NC(CN(C)C)c2ccccc2)C1. The lowest BCUT2D eigenvalue weighted by atomic mass is 10.0. The van der Waals surface area contributed by atoms with Crippen LogP contribution in [-0.2, 0) is 4.79 Å². The zero-order valence-electron chi connectivity index (χ0n) is 28.0. The third-order valence-electron chi connectivity index (χ3n) is 7.70. The van der Waals surface area contributed by atoms with Crippen LogP contribution in [0.2, 0.25) is 0 Å². The summed E-state index contributed by atoms with van der Waals surface area (Å²) in [7, 11) is 5.59. The van der Waals surface area contributed by atoms with Gasteiger partial charge in [-0.2, -0.15) is 0 Å². The lowest BCUT2D eigenvalue weighted by Gasteiger charge is -2.35. The quantitative estimate of drug-likeness (QED) is 0.0945. The van der Waals surface area contributed by atoms with Crippen LogP contribution in [-0.4, -0.2) is 79.5 Å². The first-order valence-electron chi connectivity index (χ1n) is 15.2. The minimum atomic E-state index is -0.631. The fourth-order valence-corrected chi connectivity index (χ4v) is 4.94. The Bertz CT molecular complexity index is 1680. The van der Waals surface area contributed by atoms with Crippen molar-refractivity contribution in [1.82, 2.24) is 15.1 Å². The molecule has 1 heterocycles. The number of benzene rings is 3. The van der Waals surface area contributed by atoms with E-state index in [4.69, 9.17) is 11.5 Å². The first-order chi connectivity index (χ1) is 22.8. The Morgan fingerprint density at radius 2 is 1.67 bits per heavy atom. The number of aliphatic imine (C=N–C) groups is 1. The lowest BCUT2D eigenvalue weighted by molar-refractivity contribution is -0.111. The zero-order chi connectivity index (χ0) is 35.4. The number of carbonyl (C=O) groups is 4. The second-order valence-corrected chi connectivity index (χ2v) is 11.8. The summed E-state index contributed by atoms with van der Waals surface area (Å²) in [5, 5.41) is 8.44. The Hall–Kier alpha value is -5.75. The standard InChI is InChI=1S/C19H30N6O.C17H14N2O3/c1-19(2)16(20)14(17(21)22-3)11-25(19)18(26)23-15(12-24(4)5)13-9-7-6-8-10-13;1-2-16(21)18-14-8-6-13(7-9-14)17(22)19-15-5-3-4-12(10-15)11-20/h6-10,15H,11-12,20H2,1-5H3,(H2,21,22)(H,23,26);2-11H,1H2,(H,18,21)(H,19,22). The van der Waals surface area contributed by atoms with E-state index >= 15 is 0 Å². The number of nitrogens with two attached hydrogens (primary N) is 2. The van der Waals surface area contributed by atoms with Gasteiger partial charge in [0.25, 0.3) is 5.91 Å². The number of amides is 4. The first-order valence-corrected chi connectivity index (χ1v) is 15.2. The minimum absolute atomic E-state index is 0.128. The van der Waals surface area contributed by atoms with Gasteiger partial charge in [-0.15, -0.1) is 0 Å². The molecule has 1 aliphatic rings. The molecule has 0 aliphatic carbocycles. The fraction of sp³-hybridized carbons (Fsp3) is 0.250. The molecule has 3 aromatic rings. The molecule has 4 rings (SSSR count). The maximum atomic E-state index is 13.1. The Labute approximate surface area is 281 Å². The molecule has 0 saturated heterocycles. The third kappa shape index (κ3) is 9.63. The molecule has 1 atom stereocenters. The van der Waals surface area contributed by atoms with Crippen molar-refractivity contribution in [3.8, 4) is 0 Å². The van der Waals surface area contributed by atoms with Crippen molar-refractivity contribution in [1.29, 1.82) is 0 Å². The molecule has 0 radical (unpaired) electrons. The van der Waals surface area contributed by atoms with Gasteiger partial charge in [0.15, 0.2) is 0 Å². The van der Waals surface area contributed by atoms with Crippen LogP contribution in [0.15, 0.2) is 108 Å². The van der Waals surface area contributed by atoms with E-state index in [-0.39, 0.29) is 23.9 Å². The van der Waals surface area contributed by atoms with Gasteiger partial charge in [-0.1, -0.05) is 49.0 Å². The van der Waals surface area contributed by atoms with Crippen molar-refractivity contribution in [3.63, 3.8) is 0 Å². The first kappa shape index (κ1) is 36.7. The molecule has 1 unspecified atom stereocenters. The molecule has 7 N–H and O–H groups in total. The predicted octanol–water partition coefficient (Wildman–Crippen LogP) is 4.17. The van der Waals surface area contributed by atoms with E-state index in [0.717, 1.165) is 11.1 Å². The molecule has 0 saturated carbocycles. The summed E-state index contributed by atoms with van der Waals surface area (Å²) in [6.07, 6.45) is 1.88. The molecular formula is C36H44N8O4. The van der Waals surface area contributed by atoms with E-state index in [0.29, 0.717) is 53.4 Å². The maximum Gasteiger partial charge on any atom is 0.318 e. The number of nitrogens with one attached hydrogen (secondary N) is 3. The molecule has 0 spiro atoms. The van der Waals surface area contributed by atoms with Crippen LogP contribution < -0.4 is 27.4 Å². The lowest BCUT2D eigenvalue weighted by Crippen LogP contribution is -2.52. The third-order valence-corrected chi connectivity index (χ3v) is 7.70. The van der Waals surface area contributed by atoms with Gasteiger partial charge in [0, 0.05) is 47.4 Å². The van der Waals surface area contributed by atoms with Crippen LogP contribution in [0.3, 0.4) is 0 Å². The average molecular weight is 653 g/mol. The smallest absolute Gasteiger partial charge is 0.318 e. The number of hydrogen-bond acceptors (Lipinski definition) is 7. The number of rotatable bonds is 10. The number of likely N-dealkylation sites (N-methyl/N-ethyl adjacent to an activating group) is 1. The molecule has 0 fully saturated rings. The van der Waals surface area contributed by atoms with E-state index in [9.17, 15) is 19.2 Å². The molecule has 48 heavy (non-hydrogen) atoms. The van der Waals surface area contributed by atoms with Gasteiger partial charge in [-0.25, -0.2) is 4.79 Å². The fourth-order valence-electron chi connectivity index (χ4n) is 4.94. The molecule has 1 aliphatic heterocycles. The van der Waals surface area contributed by atoms with Crippen LogP contribution in [0, 0.1) is 0 Å². The molecule has 12 heteroatoms. The number of aldehydes is 1. The van der Waals surface area contributed by atoms with Crippen LogP contribution in [0.1, 0.15) is 46.2 Å². The van der Waals surface area contributed by atoms with E-state index in [1.165, 1.54) is 6.08 Å². The highest BCUT2D eigenvalue weighted by Gasteiger charge is 2.42. The molecule has 3 aromatic carbocycles. The highest BCUT2D eigenvalue weighted by atomic mass is 16.2. The second kappa shape index (κ2) is 16.7. The van der Waals surface area contributed by atoms with E-state index in [1.54, 1.807) is 60.5 Å². The van der Waals surface area contributed by atoms with Gasteiger partial charge in [0.05, 0.1) is 18.1 Å². The van der Waals surface area contributed by atoms with Crippen molar-refractivity contribution in [2.45, 2.75) is 25.4 Å². The molecular weight excluding hydrogens is 608 g/mol. The summed E-state index contributed by atoms with van der Waals surface area (Å²) in [6, 6.07) is 22.7. The summed E-state index contributed by atoms with van der Waals surface area (Å²) in [4.78, 5) is 54.8. The van der Waals surface area contributed by atoms with E-state index < -0.39 is 5.54 Å². The van der Waals surface area contributed by atoms with Crippen molar-refractivity contribution < 1.29 is 19.2 Å². The number of hydrogen-bond donors (Lipinski definition) is 5. The van der Waals surface area contributed by atoms with Gasteiger partial charge in [0.2, 0.25) is 5.91 Å². The van der Waals surface area contributed by atoms with Crippen LogP contribution in [0.25, 0.3) is 0 Å². The van der Waals surface area contributed by atoms with Crippen molar-refractivity contribution in [2.24, 2.45) is 16.5 Å². The van der Waals surface area contributed by atoms with Crippen LogP contribution in [0.4, 0.5) is 16.2 Å². The summed E-state index contributed by atoms with van der Waals surface area (Å²) < 4.78 is 0. The van der Waals surface area contributed by atoms with Crippen LogP contribution >= 0.6 is 0 Å². The van der Waals surface area contributed by atoms with E-state index in [2.05, 4.69) is 27.5 Å². The molecule has 0 aromatic heterocycles. The number of carbonyl (C=O) groups excluding carboxylic acids is 4. The van der Waals surface area contributed by atoms with Gasteiger partial charge in [0.1, 0.15) is 12.1 Å². The number of urea groups is 1. The summed E-state index contributed by atoms with van der Waals surface area (Å²) in [5.41, 5.74) is 16.0. The molecule has 12 nitrogen and oxygen atoms in total. The Balaban J connectivity index is 0.000000264. The number of anilines is 2. The van der Waals surface area contributed by atoms with E-state index in [1.807, 2.05) is 63.2 Å². The van der Waals surface area contributed by atoms with Gasteiger partial charge in [-0.05, 0) is 76.0 Å². The monoisotopic (exact) mass is 652 g/mol. The summed E-state index contributed by atoms with van der Waals surface area (Å²) in [6.45, 7) is 8.24. The summed E-state index contributed by atoms with van der Waals surface area (Å²) >= 11 is 0. The Morgan fingerprint density at radius 3 is 2.25 bits per heavy atom. The van der Waals surface area contributed by atoms with Gasteiger partial charge in [-0.3, -0.25) is 19.4 Å². The predicted molar refractivity (Wildman–Crippen MR) is 191 cm³/mol. The molecule has 0 bridgehead atoms. The Morgan fingerprint density at radius 1 is 1.00 bits per heavy atom. The van der Waals surface area contributed by atoms with Crippen molar-refractivity contribution in [2.75, 3.05) is 44.9 Å². The molecule has 252 valence electrons. The minimum Gasteiger partial charge on any atom is -0.400 e. The highest BCUT2D eigenvalue weighted by Crippen LogP contribution is 2.31.